The van der Waals surface area contributed by atoms with E-state index in [1.54, 1.807) is 10.1 Å². The number of nitrogen functional groups attached to an aromatic ring is 1. The third-order valence-electron chi connectivity index (χ3n) is 5.15. The molecule has 4 N–H and O–H groups in total. The van der Waals surface area contributed by atoms with E-state index in [0.717, 1.165) is 21.8 Å². The molecule has 36 heavy (non-hydrogen) atoms. The molecular formula is C20H22Cl2N7O4S3+. The lowest BCUT2D eigenvalue weighted by Gasteiger charge is -2.49. The lowest BCUT2D eigenvalue weighted by molar-refractivity contribution is -0.647. The van der Waals surface area contributed by atoms with Crippen LogP contribution in [0.5, 0.6) is 0 Å². The van der Waals surface area contributed by atoms with Crippen LogP contribution in [0, 0.1) is 0 Å². The third kappa shape index (κ3) is 5.72. The van der Waals surface area contributed by atoms with Crippen LogP contribution >= 0.6 is 58.9 Å². The number of hydrogen-bond donors (Lipinski definition) is 3. The van der Waals surface area contributed by atoms with Crippen LogP contribution in [0.1, 0.15) is 5.69 Å². The number of pyridine rings is 1. The van der Waals surface area contributed by atoms with Crippen molar-refractivity contribution < 1.29 is 23.9 Å². The quantitative estimate of drug-likeness (QED) is 0.0978. The Labute approximate surface area is 230 Å². The van der Waals surface area contributed by atoms with Gasteiger partial charge in [0, 0.05) is 33.9 Å². The summed E-state index contributed by atoms with van der Waals surface area (Å²) < 4.78 is 1.80. The summed E-state index contributed by atoms with van der Waals surface area (Å²) in [6.07, 6.45) is 3.76. The molecule has 0 aliphatic carbocycles. The Bertz CT molecular complexity index is 1220. The van der Waals surface area contributed by atoms with Gasteiger partial charge >= 0.3 is 0 Å². The molecule has 1 fully saturated rings. The normalized spacial score (nSPS) is 19.1. The van der Waals surface area contributed by atoms with Gasteiger partial charge in [0.25, 0.3) is 17.1 Å². The molecule has 2 amide bonds. The Morgan fingerprint density at radius 3 is 2.72 bits per heavy atom. The smallest absolute Gasteiger partial charge is 0.276 e. The maximum atomic E-state index is 13.0. The molecule has 192 valence electrons. The third-order valence-corrected chi connectivity index (χ3v) is 8.44. The predicted octanol–water partition coefficient (Wildman–Crippen LogP) is 1.17. The van der Waals surface area contributed by atoms with E-state index < -0.39 is 28.5 Å². The first-order valence-corrected chi connectivity index (χ1v) is 13.4. The highest BCUT2D eigenvalue weighted by Crippen LogP contribution is 2.42. The van der Waals surface area contributed by atoms with E-state index in [2.05, 4.69) is 20.9 Å². The SMILES string of the molecule is CN[n+]1ccc(SCC2=C(C(=O)Cl)N3C(=O)[C@@H](NC(=O)/C(=N\OC)c4csc(N)n4)[C@H]3SC2)cc1.Cl. The van der Waals surface area contributed by atoms with Crippen molar-refractivity contribution in [3.63, 3.8) is 0 Å². The minimum atomic E-state index is -0.850. The molecule has 4 rings (SSSR count). The molecule has 11 nitrogen and oxygen atoms in total. The second kappa shape index (κ2) is 12.1. The number of aromatic nitrogens is 2. The van der Waals surface area contributed by atoms with Crippen LogP contribution in [-0.4, -0.2) is 69.7 Å². The summed E-state index contributed by atoms with van der Waals surface area (Å²) in [5.74, 6) is -0.0745. The number of oxime groups is 1. The van der Waals surface area contributed by atoms with Gasteiger partial charge in [0.2, 0.25) is 12.4 Å². The Morgan fingerprint density at radius 1 is 1.42 bits per heavy atom. The molecule has 0 aromatic carbocycles. The highest BCUT2D eigenvalue weighted by molar-refractivity contribution is 8.01. The molecule has 0 radical (unpaired) electrons. The van der Waals surface area contributed by atoms with Gasteiger partial charge in [-0.05, 0) is 17.2 Å². The van der Waals surface area contributed by atoms with Crippen LogP contribution in [0.25, 0.3) is 0 Å². The molecule has 0 spiro atoms. The van der Waals surface area contributed by atoms with Gasteiger partial charge < -0.3 is 15.9 Å². The zero-order chi connectivity index (χ0) is 25.1. The van der Waals surface area contributed by atoms with E-state index in [1.807, 2.05) is 31.6 Å². The zero-order valence-electron chi connectivity index (χ0n) is 19.0. The lowest BCUT2D eigenvalue weighted by Crippen LogP contribution is -2.71. The van der Waals surface area contributed by atoms with E-state index in [9.17, 15) is 14.4 Å². The maximum Gasteiger partial charge on any atom is 0.276 e. The Balaban J connectivity index is 0.00000361. The molecule has 2 aliphatic rings. The molecule has 2 aromatic heterocycles. The number of thiazole rings is 1. The summed E-state index contributed by atoms with van der Waals surface area (Å²) in [5, 5.41) is 7.08. The molecule has 0 unspecified atom stereocenters. The van der Waals surface area contributed by atoms with E-state index in [1.165, 1.54) is 35.5 Å². The van der Waals surface area contributed by atoms with Crippen LogP contribution in [0.2, 0.25) is 0 Å². The lowest BCUT2D eigenvalue weighted by atomic mass is 10.0. The number of nitrogens with two attached hydrogens (primary N) is 1. The number of fused-ring (bicyclic) bond motifs is 1. The maximum absolute atomic E-state index is 13.0. The Kier molecular flexibility index (Phi) is 9.47. The van der Waals surface area contributed by atoms with Crippen molar-refractivity contribution in [2.45, 2.75) is 16.3 Å². The second-order valence-corrected chi connectivity index (χ2v) is 10.6. The number of β-lactam (4-membered cyclic amide) rings is 1. The highest BCUT2D eigenvalue weighted by atomic mass is 35.5. The van der Waals surface area contributed by atoms with E-state index >= 15 is 0 Å². The molecule has 0 bridgehead atoms. The van der Waals surface area contributed by atoms with Gasteiger partial charge in [0.05, 0.1) is 7.05 Å². The summed E-state index contributed by atoms with van der Waals surface area (Å²) in [6, 6.07) is 3.04. The fourth-order valence-electron chi connectivity index (χ4n) is 3.50. The molecule has 4 heterocycles. The van der Waals surface area contributed by atoms with Gasteiger partial charge in [0.1, 0.15) is 29.9 Å². The number of nitrogens with zero attached hydrogens (tertiary/aromatic N) is 4. The van der Waals surface area contributed by atoms with Gasteiger partial charge in [-0.25, -0.2) is 4.98 Å². The van der Waals surface area contributed by atoms with Crippen LogP contribution in [0.3, 0.4) is 0 Å². The predicted molar refractivity (Wildman–Crippen MR) is 143 cm³/mol. The number of thioether (sulfide) groups is 2. The van der Waals surface area contributed by atoms with E-state index in [0.29, 0.717) is 11.5 Å². The molecule has 2 atom stereocenters. The number of hydrogen-bond acceptors (Lipinski definition) is 11. The van der Waals surface area contributed by atoms with Crippen LogP contribution < -0.4 is 21.2 Å². The second-order valence-electron chi connectivity index (χ2n) is 7.23. The van der Waals surface area contributed by atoms with Gasteiger partial charge in [-0.1, -0.05) is 9.83 Å². The van der Waals surface area contributed by atoms with Crippen LogP contribution in [0.15, 0.2) is 51.2 Å². The van der Waals surface area contributed by atoms with Crippen LogP contribution in [0.4, 0.5) is 5.13 Å². The average Bonchev–Trinajstić information content (AvgIpc) is 3.29. The summed E-state index contributed by atoms with van der Waals surface area (Å²) in [7, 11) is 3.11. The van der Waals surface area contributed by atoms with Crippen molar-refractivity contribution in [3.8, 4) is 0 Å². The fourth-order valence-corrected chi connectivity index (χ4v) is 6.65. The molecule has 2 aliphatic heterocycles. The van der Waals surface area contributed by atoms with Crippen molar-refractivity contribution in [3.05, 3.63) is 46.9 Å². The van der Waals surface area contributed by atoms with E-state index in [4.69, 9.17) is 22.2 Å². The van der Waals surface area contributed by atoms with Gasteiger partial charge in [-0.2, -0.15) is 5.43 Å². The number of carbonyl (C=O) groups is 3. The van der Waals surface area contributed by atoms with Crippen LogP contribution in [-0.2, 0) is 19.2 Å². The minimum Gasteiger partial charge on any atom is -0.398 e. The number of nitrogens with one attached hydrogen (secondary N) is 2. The number of amides is 2. The first kappa shape index (κ1) is 28.1. The first-order chi connectivity index (χ1) is 16.8. The van der Waals surface area contributed by atoms with Gasteiger partial charge in [0.15, 0.2) is 10.8 Å². The van der Waals surface area contributed by atoms with Gasteiger partial charge in [-0.3, -0.25) is 19.3 Å². The summed E-state index contributed by atoms with van der Waals surface area (Å²) in [5.41, 5.74) is 9.72. The minimum absolute atomic E-state index is 0. The monoisotopic (exact) mass is 590 g/mol. The molecule has 2 aromatic rings. The topological polar surface area (TPSA) is 143 Å². The zero-order valence-corrected chi connectivity index (χ0v) is 23.0. The fraction of sp³-hybridized carbons (Fsp3) is 0.300. The van der Waals surface area contributed by atoms with Crippen molar-refractivity contribution in [2.24, 2.45) is 5.16 Å². The van der Waals surface area contributed by atoms with Crippen molar-refractivity contribution >= 4 is 86.8 Å². The standard InChI is InChI=1S/C20H20ClN7O4S3.ClH/c1-23-27-5-3-11(4-6-27)33-7-10-8-34-19-14(18(31)28(19)15(10)16(21)29)25-17(30)13(26-32-2)12-9-35-20(22)24-12;/h3-6,9,14,19,23H,7-8H2,1-2H3,(H2-,22,24,25,30);1H/p+1/b26-13-;/t14-,19-;/m1./s1. The molecule has 1 saturated heterocycles. The number of anilines is 1. The molecule has 16 heteroatoms. The summed E-state index contributed by atoms with van der Waals surface area (Å²) >= 11 is 10.0. The molecular weight excluding hydrogens is 569 g/mol. The largest absolute Gasteiger partial charge is 0.398 e. The highest BCUT2D eigenvalue weighted by Gasteiger charge is 2.54. The van der Waals surface area contributed by atoms with Crippen molar-refractivity contribution in [1.29, 1.82) is 0 Å². The Morgan fingerprint density at radius 2 is 2.14 bits per heavy atom. The van der Waals surface area contributed by atoms with Crippen molar-refractivity contribution in [2.75, 3.05) is 36.8 Å². The average molecular weight is 592 g/mol. The Hall–Kier alpha value is -2.52. The number of carbonyl (C=O) groups excluding carboxylic acids is 3. The summed E-state index contributed by atoms with van der Waals surface area (Å²) in [4.78, 5) is 49.3. The van der Waals surface area contributed by atoms with Gasteiger partial charge in [-0.15, -0.1) is 47.3 Å². The number of halogens is 2. The number of rotatable bonds is 9. The molecule has 0 saturated carbocycles. The van der Waals surface area contributed by atoms with E-state index in [-0.39, 0.29) is 34.6 Å². The first-order valence-electron chi connectivity index (χ1n) is 10.2. The van der Waals surface area contributed by atoms with Crippen molar-refractivity contribution in [1.82, 2.24) is 15.2 Å². The summed E-state index contributed by atoms with van der Waals surface area (Å²) in [6.45, 7) is 0. The number of allylic oxidation sites excluding steroid dienone is 1.